The average Bonchev–Trinajstić information content (AvgIpc) is 2.05. The molecule has 0 aliphatic heterocycles. The summed E-state index contributed by atoms with van der Waals surface area (Å²) >= 11 is 0. The number of hydrogen-bond acceptors (Lipinski definition) is 1. The average molecular weight is 155 g/mol. The number of nitrogens with zero attached hydrogens (tertiary/aromatic N) is 1. The predicted molar refractivity (Wildman–Crippen MR) is 39.0 cm³/mol. The summed E-state index contributed by atoms with van der Waals surface area (Å²) < 4.78 is 23.9. The van der Waals surface area contributed by atoms with Crippen molar-refractivity contribution in [3.05, 3.63) is 36.2 Å². The van der Waals surface area contributed by atoms with Crippen LogP contribution in [0.1, 0.15) is 12.5 Å². The number of aromatic nitrogens is 1. The van der Waals surface area contributed by atoms with Gasteiger partial charge < -0.3 is 0 Å². The Kier molecular flexibility index (Phi) is 2.31. The number of pyridine rings is 1. The molecule has 0 unspecified atom stereocenters. The van der Waals surface area contributed by atoms with E-state index in [4.69, 9.17) is 0 Å². The number of hydrogen-bond donors (Lipinski definition) is 0. The minimum absolute atomic E-state index is 0.0156. The van der Waals surface area contributed by atoms with Crippen LogP contribution in [-0.4, -0.2) is 4.98 Å². The predicted octanol–water partition coefficient (Wildman–Crippen LogP) is 2.71. The fourth-order valence-corrected chi connectivity index (χ4v) is 0.694. The number of rotatable bonds is 1. The molecule has 0 aliphatic carbocycles. The maximum Gasteiger partial charge on any atom is 0.273 e. The van der Waals surface area contributed by atoms with Crippen LogP contribution >= 0.6 is 0 Å². The van der Waals surface area contributed by atoms with E-state index in [0.717, 1.165) is 0 Å². The van der Waals surface area contributed by atoms with E-state index in [1.54, 1.807) is 18.3 Å². The van der Waals surface area contributed by atoms with Crippen LogP contribution in [0.25, 0.3) is 5.57 Å². The van der Waals surface area contributed by atoms with Gasteiger partial charge in [-0.3, -0.25) is 4.98 Å². The molecule has 1 rings (SSSR count). The first-order valence-electron chi connectivity index (χ1n) is 3.14. The Morgan fingerprint density at radius 3 is 2.64 bits per heavy atom. The van der Waals surface area contributed by atoms with Crippen LogP contribution in [0.5, 0.6) is 0 Å². The summed E-state index contributed by atoms with van der Waals surface area (Å²) in [5.74, 6) is 0. The van der Waals surface area contributed by atoms with Crippen molar-refractivity contribution >= 4 is 5.57 Å². The molecule has 0 radical (unpaired) electrons. The fourth-order valence-electron chi connectivity index (χ4n) is 0.694. The minimum atomic E-state index is -1.65. The van der Waals surface area contributed by atoms with Crippen molar-refractivity contribution in [2.75, 3.05) is 0 Å². The topological polar surface area (TPSA) is 12.9 Å². The summed E-state index contributed by atoms with van der Waals surface area (Å²) in [7, 11) is 0. The van der Waals surface area contributed by atoms with E-state index in [1.165, 1.54) is 13.1 Å². The van der Waals surface area contributed by atoms with E-state index in [2.05, 4.69) is 4.98 Å². The molecule has 0 spiro atoms. The Hall–Kier alpha value is -1.25. The third kappa shape index (κ3) is 1.83. The fraction of sp³-hybridized carbons (Fsp3) is 0.125. The molecule has 3 heteroatoms. The second-order valence-corrected chi connectivity index (χ2v) is 2.13. The van der Waals surface area contributed by atoms with Gasteiger partial charge in [0.1, 0.15) is 0 Å². The van der Waals surface area contributed by atoms with Gasteiger partial charge in [0.2, 0.25) is 0 Å². The number of halogens is 2. The van der Waals surface area contributed by atoms with Crippen LogP contribution in [0.2, 0.25) is 0 Å². The molecule has 0 aliphatic rings. The van der Waals surface area contributed by atoms with E-state index < -0.39 is 6.08 Å². The molecule has 0 amide bonds. The zero-order chi connectivity index (χ0) is 8.27. The van der Waals surface area contributed by atoms with Crippen molar-refractivity contribution < 1.29 is 8.78 Å². The van der Waals surface area contributed by atoms with Crippen molar-refractivity contribution in [2.45, 2.75) is 6.92 Å². The van der Waals surface area contributed by atoms with Gasteiger partial charge in [-0.1, -0.05) is 6.07 Å². The van der Waals surface area contributed by atoms with Gasteiger partial charge in [-0.15, -0.1) is 0 Å². The summed E-state index contributed by atoms with van der Waals surface area (Å²) in [6.07, 6.45) is 1.31. The first-order chi connectivity index (χ1) is 5.22. The molecule has 0 saturated carbocycles. The van der Waals surface area contributed by atoms with Crippen LogP contribution in [0.3, 0.4) is 0 Å². The smallest absolute Gasteiger partial charge is 0.264 e. The molecule has 1 heterocycles. The summed E-state index contributed by atoms with van der Waals surface area (Å²) in [4.78, 5) is 3.72. The van der Waals surface area contributed by atoms with Gasteiger partial charge in [-0.05, 0) is 13.0 Å². The Labute approximate surface area is 63.4 Å². The molecular formula is C8H7F2N. The van der Waals surface area contributed by atoms with Crippen molar-refractivity contribution in [3.8, 4) is 0 Å². The van der Waals surface area contributed by atoms with Crippen LogP contribution in [0.4, 0.5) is 8.78 Å². The molecule has 1 aromatic heterocycles. The zero-order valence-corrected chi connectivity index (χ0v) is 6.01. The molecule has 0 bridgehead atoms. The van der Waals surface area contributed by atoms with Crippen LogP contribution in [0.15, 0.2) is 30.6 Å². The Balaban J connectivity index is 3.04. The van der Waals surface area contributed by atoms with E-state index in [1.807, 2.05) is 0 Å². The van der Waals surface area contributed by atoms with Crippen molar-refractivity contribution in [2.24, 2.45) is 0 Å². The molecule has 0 fully saturated rings. The summed E-state index contributed by atoms with van der Waals surface area (Å²) in [6.45, 7) is 1.37. The highest BCUT2D eigenvalue weighted by atomic mass is 19.3. The van der Waals surface area contributed by atoms with Gasteiger partial charge in [-0.2, -0.15) is 8.78 Å². The van der Waals surface area contributed by atoms with Gasteiger partial charge in [-0.25, -0.2) is 0 Å². The highest BCUT2D eigenvalue weighted by molar-refractivity contribution is 5.63. The normalized spacial score (nSPS) is 9.36. The molecule has 1 nitrogen and oxygen atoms in total. The monoisotopic (exact) mass is 155 g/mol. The third-order valence-corrected chi connectivity index (χ3v) is 1.38. The van der Waals surface area contributed by atoms with Crippen LogP contribution < -0.4 is 0 Å². The third-order valence-electron chi connectivity index (χ3n) is 1.38. The summed E-state index contributed by atoms with van der Waals surface area (Å²) in [5.41, 5.74) is 0.450. The van der Waals surface area contributed by atoms with Crippen molar-refractivity contribution in [3.63, 3.8) is 0 Å². The summed E-state index contributed by atoms with van der Waals surface area (Å²) in [5, 5.41) is 0. The van der Waals surface area contributed by atoms with Crippen molar-refractivity contribution in [1.29, 1.82) is 0 Å². The Morgan fingerprint density at radius 1 is 1.45 bits per heavy atom. The zero-order valence-electron chi connectivity index (χ0n) is 6.01. The lowest BCUT2D eigenvalue weighted by molar-refractivity contribution is 0.425. The Bertz CT molecular complexity index is 263. The molecule has 0 aromatic carbocycles. The lowest BCUT2D eigenvalue weighted by atomic mass is 10.1. The quantitative estimate of drug-likeness (QED) is 0.607. The minimum Gasteiger partial charge on any atom is -0.264 e. The van der Waals surface area contributed by atoms with E-state index >= 15 is 0 Å². The SMILES string of the molecule is CC(=C(F)F)c1cccnc1. The number of allylic oxidation sites excluding steroid dienone is 1. The molecule has 11 heavy (non-hydrogen) atoms. The molecule has 0 N–H and O–H groups in total. The molecule has 0 saturated heterocycles. The molecule has 58 valence electrons. The standard InChI is InChI=1S/C8H7F2N/c1-6(8(9)10)7-3-2-4-11-5-7/h2-5H,1H3. The van der Waals surface area contributed by atoms with E-state index in [9.17, 15) is 8.78 Å². The second-order valence-electron chi connectivity index (χ2n) is 2.13. The lowest BCUT2D eigenvalue weighted by Crippen LogP contribution is -1.81. The van der Waals surface area contributed by atoms with Crippen LogP contribution in [-0.2, 0) is 0 Å². The van der Waals surface area contributed by atoms with E-state index in [-0.39, 0.29) is 5.57 Å². The van der Waals surface area contributed by atoms with Gasteiger partial charge in [0.05, 0.1) is 0 Å². The first-order valence-corrected chi connectivity index (χ1v) is 3.14. The molecular weight excluding hydrogens is 148 g/mol. The first kappa shape index (κ1) is 7.85. The molecule has 0 atom stereocenters. The highest BCUT2D eigenvalue weighted by Crippen LogP contribution is 2.18. The van der Waals surface area contributed by atoms with E-state index in [0.29, 0.717) is 5.56 Å². The van der Waals surface area contributed by atoms with Gasteiger partial charge in [0.25, 0.3) is 6.08 Å². The Morgan fingerprint density at radius 2 is 2.18 bits per heavy atom. The van der Waals surface area contributed by atoms with Crippen LogP contribution in [0, 0.1) is 0 Å². The lowest BCUT2D eigenvalue weighted by Gasteiger charge is -1.96. The maximum absolute atomic E-state index is 12.0. The largest absolute Gasteiger partial charge is 0.273 e. The van der Waals surface area contributed by atoms with Gasteiger partial charge in [0.15, 0.2) is 0 Å². The maximum atomic E-state index is 12.0. The van der Waals surface area contributed by atoms with Crippen molar-refractivity contribution in [1.82, 2.24) is 4.98 Å². The van der Waals surface area contributed by atoms with Gasteiger partial charge >= 0.3 is 0 Å². The second kappa shape index (κ2) is 3.23. The molecule has 1 aromatic rings. The summed E-state index contributed by atoms with van der Waals surface area (Å²) in [6, 6.07) is 3.23. The van der Waals surface area contributed by atoms with Gasteiger partial charge in [0, 0.05) is 23.5 Å². The highest BCUT2D eigenvalue weighted by Gasteiger charge is 2.01.